The van der Waals surface area contributed by atoms with Crippen LogP contribution < -0.4 is 5.32 Å². The van der Waals surface area contributed by atoms with Crippen molar-refractivity contribution in [2.75, 3.05) is 0 Å². The van der Waals surface area contributed by atoms with Gasteiger partial charge in [0.25, 0.3) is 0 Å². The van der Waals surface area contributed by atoms with E-state index < -0.39 is 5.67 Å². The van der Waals surface area contributed by atoms with E-state index in [0.717, 1.165) is 18.5 Å². The van der Waals surface area contributed by atoms with E-state index in [2.05, 4.69) is 21.3 Å². The maximum absolute atomic E-state index is 15.1. The van der Waals surface area contributed by atoms with Gasteiger partial charge in [-0.15, -0.1) is 0 Å². The SMILES string of the molecule is FC1(Cc2ccn(C3CCCC3)n2)CC2CCC(C1)N2. The minimum atomic E-state index is -1.04. The Morgan fingerprint density at radius 1 is 1.20 bits per heavy atom. The fourth-order valence-corrected chi connectivity index (χ4v) is 4.50. The monoisotopic (exact) mass is 277 g/mol. The third kappa shape index (κ3) is 2.39. The summed E-state index contributed by atoms with van der Waals surface area (Å²) in [6.45, 7) is 0. The van der Waals surface area contributed by atoms with Gasteiger partial charge in [0.1, 0.15) is 5.67 Å². The first-order chi connectivity index (χ1) is 9.70. The zero-order valence-electron chi connectivity index (χ0n) is 12.0. The highest BCUT2D eigenvalue weighted by Gasteiger charge is 2.44. The van der Waals surface area contributed by atoms with Crippen LogP contribution in [0.2, 0.25) is 0 Å². The van der Waals surface area contributed by atoms with Crippen molar-refractivity contribution in [1.29, 1.82) is 0 Å². The molecule has 2 aliphatic heterocycles. The van der Waals surface area contributed by atoms with E-state index in [1.807, 2.05) is 6.07 Å². The Kier molecular flexibility index (Phi) is 3.09. The number of aromatic nitrogens is 2. The lowest BCUT2D eigenvalue weighted by atomic mass is 9.85. The van der Waals surface area contributed by atoms with Crippen LogP contribution in [0.4, 0.5) is 4.39 Å². The standard InChI is InChI=1S/C16H24FN3/c17-16(9-12-5-6-13(10-16)18-12)11-14-7-8-20(19-14)15-3-1-2-4-15/h7-8,12-13,15,18H,1-6,9-11H2. The van der Waals surface area contributed by atoms with Gasteiger partial charge in [-0.3, -0.25) is 4.68 Å². The predicted octanol–water partition coefficient (Wildman–Crippen LogP) is 3.16. The first-order valence-corrected chi connectivity index (χ1v) is 8.19. The third-order valence-electron chi connectivity index (χ3n) is 5.42. The smallest absolute Gasteiger partial charge is 0.119 e. The van der Waals surface area contributed by atoms with Crippen LogP contribution in [0.5, 0.6) is 0 Å². The number of piperidine rings is 1. The van der Waals surface area contributed by atoms with E-state index in [1.165, 1.54) is 25.7 Å². The number of hydrogen-bond donors (Lipinski definition) is 1. The summed E-state index contributed by atoms with van der Waals surface area (Å²) in [5.41, 5.74) is -0.0907. The summed E-state index contributed by atoms with van der Waals surface area (Å²) in [7, 11) is 0. The average Bonchev–Trinajstić information content (AvgIpc) is 3.09. The van der Waals surface area contributed by atoms with Crippen molar-refractivity contribution in [3.63, 3.8) is 0 Å². The molecule has 110 valence electrons. The number of alkyl halides is 1. The summed E-state index contributed by atoms with van der Waals surface area (Å²) in [4.78, 5) is 0. The molecule has 1 N–H and O–H groups in total. The fourth-order valence-electron chi connectivity index (χ4n) is 4.50. The first-order valence-electron chi connectivity index (χ1n) is 8.19. The summed E-state index contributed by atoms with van der Waals surface area (Å²) >= 11 is 0. The predicted molar refractivity (Wildman–Crippen MR) is 76.5 cm³/mol. The van der Waals surface area contributed by atoms with E-state index in [0.29, 0.717) is 37.4 Å². The number of halogens is 1. The lowest BCUT2D eigenvalue weighted by Gasteiger charge is -2.34. The normalized spacial score (nSPS) is 37.6. The average molecular weight is 277 g/mol. The van der Waals surface area contributed by atoms with Crippen molar-refractivity contribution >= 4 is 0 Å². The largest absolute Gasteiger partial charge is 0.311 e. The van der Waals surface area contributed by atoms with E-state index in [9.17, 15) is 0 Å². The maximum atomic E-state index is 15.1. The lowest BCUT2D eigenvalue weighted by Crippen LogP contribution is -2.47. The molecule has 20 heavy (non-hydrogen) atoms. The first kappa shape index (κ1) is 12.8. The van der Waals surface area contributed by atoms with Crippen molar-refractivity contribution in [2.24, 2.45) is 0 Å². The number of fused-ring (bicyclic) bond motifs is 2. The van der Waals surface area contributed by atoms with Crippen molar-refractivity contribution in [3.05, 3.63) is 18.0 Å². The zero-order valence-corrected chi connectivity index (χ0v) is 12.0. The van der Waals surface area contributed by atoms with Gasteiger partial charge in [0.05, 0.1) is 11.7 Å². The summed E-state index contributed by atoms with van der Waals surface area (Å²) < 4.78 is 17.2. The Labute approximate surface area is 119 Å². The van der Waals surface area contributed by atoms with Gasteiger partial charge in [-0.25, -0.2) is 4.39 Å². The van der Waals surface area contributed by atoms with Crippen LogP contribution in [0, 0.1) is 0 Å². The molecule has 3 aliphatic rings. The highest BCUT2D eigenvalue weighted by molar-refractivity contribution is 5.09. The molecule has 2 bridgehead atoms. The number of nitrogens with one attached hydrogen (secondary N) is 1. The Morgan fingerprint density at radius 3 is 2.60 bits per heavy atom. The van der Waals surface area contributed by atoms with Gasteiger partial charge < -0.3 is 5.32 Å². The number of rotatable bonds is 3. The Balaban J connectivity index is 1.45. The zero-order chi connectivity index (χ0) is 13.6. The fraction of sp³-hybridized carbons (Fsp3) is 0.812. The van der Waals surface area contributed by atoms with Gasteiger partial charge in [0.2, 0.25) is 0 Å². The second-order valence-electron chi connectivity index (χ2n) is 7.10. The van der Waals surface area contributed by atoms with E-state index in [-0.39, 0.29) is 0 Å². The highest BCUT2D eigenvalue weighted by atomic mass is 19.1. The van der Waals surface area contributed by atoms with Gasteiger partial charge in [-0.1, -0.05) is 12.8 Å². The number of nitrogens with zero attached hydrogens (tertiary/aromatic N) is 2. The Morgan fingerprint density at radius 2 is 1.90 bits per heavy atom. The minimum absolute atomic E-state index is 0.399. The topological polar surface area (TPSA) is 29.9 Å². The molecular formula is C16H24FN3. The van der Waals surface area contributed by atoms with Crippen LogP contribution in [-0.4, -0.2) is 27.5 Å². The minimum Gasteiger partial charge on any atom is -0.311 e. The van der Waals surface area contributed by atoms with Crippen molar-refractivity contribution in [1.82, 2.24) is 15.1 Å². The molecule has 1 aliphatic carbocycles. The van der Waals surface area contributed by atoms with Gasteiger partial charge in [-0.05, 0) is 44.6 Å². The molecule has 3 heterocycles. The summed E-state index contributed by atoms with van der Waals surface area (Å²) in [5, 5.41) is 8.17. The molecule has 1 aromatic heterocycles. The molecule has 0 radical (unpaired) electrons. The van der Waals surface area contributed by atoms with Crippen LogP contribution in [-0.2, 0) is 6.42 Å². The van der Waals surface area contributed by atoms with E-state index in [1.54, 1.807) is 0 Å². The van der Waals surface area contributed by atoms with Gasteiger partial charge in [0, 0.05) is 24.7 Å². The maximum Gasteiger partial charge on any atom is 0.119 e. The van der Waals surface area contributed by atoms with Crippen LogP contribution >= 0.6 is 0 Å². The van der Waals surface area contributed by atoms with Crippen LogP contribution in [0.3, 0.4) is 0 Å². The molecule has 2 atom stereocenters. The number of hydrogen-bond acceptors (Lipinski definition) is 2. The summed E-state index contributed by atoms with van der Waals surface area (Å²) in [5.74, 6) is 0. The van der Waals surface area contributed by atoms with Crippen LogP contribution in [0.25, 0.3) is 0 Å². The van der Waals surface area contributed by atoms with Crippen molar-refractivity contribution in [2.45, 2.75) is 81.6 Å². The van der Waals surface area contributed by atoms with Crippen LogP contribution in [0.15, 0.2) is 12.3 Å². The second-order valence-corrected chi connectivity index (χ2v) is 7.10. The molecule has 0 aromatic carbocycles. The highest BCUT2D eigenvalue weighted by Crippen LogP contribution is 2.39. The van der Waals surface area contributed by atoms with Gasteiger partial charge in [0.15, 0.2) is 0 Å². The molecule has 4 heteroatoms. The molecule has 1 saturated carbocycles. The lowest BCUT2D eigenvalue weighted by molar-refractivity contribution is 0.0880. The Hall–Kier alpha value is -0.900. The van der Waals surface area contributed by atoms with Crippen molar-refractivity contribution in [3.8, 4) is 0 Å². The quantitative estimate of drug-likeness (QED) is 0.919. The summed E-state index contributed by atoms with van der Waals surface area (Å²) in [6.07, 6.45) is 11.3. The second kappa shape index (κ2) is 4.83. The molecule has 1 aromatic rings. The van der Waals surface area contributed by atoms with Gasteiger partial charge >= 0.3 is 0 Å². The molecular weight excluding hydrogens is 253 g/mol. The molecule has 2 saturated heterocycles. The van der Waals surface area contributed by atoms with E-state index in [4.69, 9.17) is 0 Å². The summed E-state index contributed by atoms with van der Waals surface area (Å²) in [6, 6.07) is 3.39. The molecule has 3 nitrogen and oxygen atoms in total. The molecule has 0 spiro atoms. The molecule has 4 rings (SSSR count). The van der Waals surface area contributed by atoms with Gasteiger partial charge in [-0.2, -0.15) is 5.10 Å². The van der Waals surface area contributed by atoms with E-state index >= 15 is 4.39 Å². The Bertz CT molecular complexity index is 466. The van der Waals surface area contributed by atoms with Crippen LogP contribution in [0.1, 0.15) is 63.1 Å². The third-order valence-corrected chi connectivity index (χ3v) is 5.42. The molecule has 2 unspecified atom stereocenters. The van der Waals surface area contributed by atoms with Crippen molar-refractivity contribution < 1.29 is 4.39 Å². The molecule has 0 amide bonds. The molecule has 3 fully saturated rings.